The number of aromatic nitrogens is 1. The van der Waals surface area contributed by atoms with Gasteiger partial charge in [-0.2, -0.15) is 0 Å². The maximum Gasteiger partial charge on any atom is 0.194 e. The zero-order chi connectivity index (χ0) is 16.8. The van der Waals surface area contributed by atoms with Crippen LogP contribution >= 0.6 is 15.9 Å². The van der Waals surface area contributed by atoms with Gasteiger partial charge in [0.25, 0.3) is 0 Å². The first-order valence-corrected chi connectivity index (χ1v) is 9.27. The first kappa shape index (κ1) is 18.3. The molecular weight excluding hydrogens is 354 g/mol. The van der Waals surface area contributed by atoms with Crippen LogP contribution in [0.1, 0.15) is 25.5 Å². The molecular formula is C17H30BrN5. The SMILES string of the molecule is CCNC(=NCC1CCCN(C)C1)N(C)Cc1cc(Br)cn1C. The highest BCUT2D eigenvalue weighted by molar-refractivity contribution is 9.10. The number of halogens is 1. The molecule has 0 radical (unpaired) electrons. The average molecular weight is 384 g/mol. The monoisotopic (exact) mass is 383 g/mol. The quantitative estimate of drug-likeness (QED) is 0.626. The Labute approximate surface area is 148 Å². The largest absolute Gasteiger partial charge is 0.357 e. The van der Waals surface area contributed by atoms with E-state index in [1.54, 1.807) is 0 Å². The van der Waals surface area contributed by atoms with Crippen LogP contribution in [0.2, 0.25) is 0 Å². The summed E-state index contributed by atoms with van der Waals surface area (Å²) in [4.78, 5) is 9.51. The minimum absolute atomic E-state index is 0.681. The zero-order valence-corrected chi connectivity index (χ0v) is 16.4. The molecule has 0 bridgehead atoms. The van der Waals surface area contributed by atoms with E-state index in [0.717, 1.165) is 36.6 Å². The van der Waals surface area contributed by atoms with Gasteiger partial charge >= 0.3 is 0 Å². The predicted molar refractivity (Wildman–Crippen MR) is 101 cm³/mol. The summed E-state index contributed by atoms with van der Waals surface area (Å²) in [5.74, 6) is 1.68. The first-order chi connectivity index (χ1) is 11.0. The summed E-state index contributed by atoms with van der Waals surface area (Å²) < 4.78 is 3.27. The molecule has 2 rings (SSSR count). The van der Waals surface area contributed by atoms with Crippen LogP contribution < -0.4 is 5.32 Å². The van der Waals surface area contributed by atoms with Gasteiger partial charge in [0.05, 0.1) is 6.54 Å². The van der Waals surface area contributed by atoms with E-state index >= 15 is 0 Å². The Morgan fingerprint density at radius 1 is 1.48 bits per heavy atom. The summed E-state index contributed by atoms with van der Waals surface area (Å²) in [7, 11) is 6.39. The van der Waals surface area contributed by atoms with Crippen LogP contribution in [0.4, 0.5) is 0 Å². The number of likely N-dealkylation sites (tertiary alicyclic amines) is 1. The van der Waals surface area contributed by atoms with Gasteiger partial charge in [0.2, 0.25) is 0 Å². The Bertz CT molecular complexity index is 525. The standard InChI is InChI=1S/C17H30BrN5/c1-5-19-17(20-10-14-7-6-8-21(2)11-14)23(4)13-16-9-15(18)12-22(16)3/h9,12,14H,5-8,10-11,13H2,1-4H3,(H,19,20). The van der Waals surface area contributed by atoms with E-state index in [1.165, 1.54) is 25.1 Å². The lowest BCUT2D eigenvalue weighted by Gasteiger charge is -2.29. The van der Waals surface area contributed by atoms with Crippen LogP contribution in [0.3, 0.4) is 0 Å². The highest BCUT2D eigenvalue weighted by atomic mass is 79.9. The number of nitrogens with one attached hydrogen (secondary N) is 1. The van der Waals surface area contributed by atoms with Crippen molar-refractivity contribution in [1.82, 2.24) is 19.7 Å². The number of hydrogen-bond donors (Lipinski definition) is 1. The molecule has 0 aliphatic carbocycles. The third-order valence-electron chi connectivity index (χ3n) is 4.39. The Hall–Kier alpha value is -1.01. The molecule has 0 amide bonds. The molecule has 5 nitrogen and oxygen atoms in total. The van der Waals surface area contributed by atoms with Crippen molar-refractivity contribution in [2.75, 3.05) is 40.3 Å². The summed E-state index contributed by atoms with van der Waals surface area (Å²) in [5, 5.41) is 3.42. The fourth-order valence-electron chi connectivity index (χ4n) is 3.15. The summed E-state index contributed by atoms with van der Waals surface area (Å²) in [6, 6.07) is 2.16. The van der Waals surface area contributed by atoms with Crippen LogP contribution in [0.25, 0.3) is 0 Å². The van der Waals surface area contributed by atoms with E-state index in [2.05, 4.69) is 75.9 Å². The smallest absolute Gasteiger partial charge is 0.194 e. The minimum atomic E-state index is 0.681. The Morgan fingerprint density at radius 2 is 2.26 bits per heavy atom. The van der Waals surface area contributed by atoms with Crippen LogP contribution in [0.15, 0.2) is 21.7 Å². The van der Waals surface area contributed by atoms with Gasteiger partial charge < -0.3 is 19.7 Å². The van der Waals surface area contributed by atoms with E-state index in [1.807, 2.05) is 0 Å². The lowest BCUT2D eigenvalue weighted by atomic mass is 9.99. The molecule has 2 heterocycles. The van der Waals surface area contributed by atoms with Gasteiger partial charge in [-0.15, -0.1) is 0 Å². The molecule has 1 atom stereocenters. The second kappa shape index (κ2) is 8.73. The maximum absolute atomic E-state index is 4.89. The average Bonchev–Trinajstić information content (AvgIpc) is 2.81. The van der Waals surface area contributed by atoms with Gasteiger partial charge in [0.15, 0.2) is 5.96 Å². The van der Waals surface area contributed by atoms with Crippen molar-refractivity contribution in [3.05, 3.63) is 22.4 Å². The van der Waals surface area contributed by atoms with Crippen molar-refractivity contribution >= 4 is 21.9 Å². The molecule has 1 unspecified atom stereocenters. The number of guanidine groups is 1. The fraction of sp³-hybridized carbons (Fsp3) is 0.706. The van der Waals surface area contributed by atoms with Gasteiger partial charge in [-0.05, 0) is 61.3 Å². The van der Waals surface area contributed by atoms with E-state index < -0.39 is 0 Å². The van der Waals surface area contributed by atoms with Gasteiger partial charge in [-0.3, -0.25) is 4.99 Å². The summed E-state index contributed by atoms with van der Waals surface area (Å²) in [6.45, 7) is 7.16. The lowest BCUT2D eigenvalue weighted by Crippen LogP contribution is -2.40. The molecule has 1 aromatic heterocycles. The van der Waals surface area contributed by atoms with Crippen molar-refractivity contribution in [3.63, 3.8) is 0 Å². The van der Waals surface area contributed by atoms with E-state index in [-0.39, 0.29) is 0 Å². The third-order valence-corrected chi connectivity index (χ3v) is 4.83. The van der Waals surface area contributed by atoms with Gasteiger partial charge in [0, 0.05) is 50.1 Å². The van der Waals surface area contributed by atoms with Crippen molar-refractivity contribution in [2.24, 2.45) is 18.0 Å². The molecule has 0 spiro atoms. The van der Waals surface area contributed by atoms with Gasteiger partial charge in [0.1, 0.15) is 0 Å². The molecule has 1 aromatic rings. The van der Waals surface area contributed by atoms with Crippen molar-refractivity contribution in [2.45, 2.75) is 26.3 Å². The molecule has 1 N–H and O–H groups in total. The van der Waals surface area contributed by atoms with Crippen LogP contribution in [0, 0.1) is 5.92 Å². The molecule has 1 fully saturated rings. The fourth-order valence-corrected chi connectivity index (χ4v) is 3.72. The summed E-state index contributed by atoms with van der Waals surface area (Å²) in [6.07, 6.45) is 4.67. The topological polar surface area (TPSA) is 35.8 Å². The second-order valence-electron chi connectivity index (χ2n) is 6.58. The molecule has 130 valence electrons. The number of hydrogen-bond acceptors (Lipinski definition) is 2. The molecule has 6 heteroatoms. The van der Waals surface area contributed by atoms with Crippen molar-refractivity contribution in [1.29, 1.82) is 0 Å². The van der Waals surface area contributed by atoms with E-state index in [0.29, 0.717) is 5.92 Å². The van der Waals surface area contributed by atoms with Gasteiger partial charge in [-0.1, -0.05) is 0 Å². The second-order valence-corrected chi connectivity index (χ2v) is 7.50. The zero-order valence-electron chi connectivity index (χ0n) is 14.8. The normalized spacial score (nSPS) is 19.9. The Kier molecular flexibility index (Phi) is 6.96. The Morgan fingerprint density at radius 3 is 2.87 bits per heavy atom. The highest BCUT2D eigenvalue weighted by Gasteiger charge is 2.17. The molecule has 0 saturated carbocycles. The first-order valence-electron chi connectivity index (χ1n) is 8.48. The summed E-state index contributed by atoms with van der Waals surface area (Å²) in [5.41, 5.74) is 1.27. The third kappa shape index (κ3) is 5.53. The molecule has 0 aromatic carbocycles. The number of rotatable bonds is 5. The van der Waals surface area contributed by atoms with Crippen LogP contribution in [0.5, 0.6) is 0 Å². The van der Waals surface area contributed by atoms with Gasteiger partial charge in [-0.25, -0.2) is 0 Å². The predicted octanol–water partition coefficient (Wildman–Crippen LogP) is 2.53. The molecule has 1 aliphatic heterocycles. The van der Waals surface area contributed by atoms with Crippen molar-refractivity contribution in [3.8, 4) is 0 Å². The number of aliphatic imine (C=N–C) groups is 1. The Balaban J connectivity index is 1.98. The van der Waals surface area contributed by atoms with E-state index in [9.17, 15) is 0 Å². The maximum atomic E-state index is 4.89. The summed E-state index contributed by atoms with van der Waals surface area (Å²) >= 11 is 3.54. The number of nitrogens with zero attached hydrogens (tertiary/aromatic N) is 4. The van der Waals surface area contributed by atoms with Crippen molar-refractivity contribution < 1.29 is 0 Å². The lowest BCUT2D eigenvalue weighted by molar-refractivity contribution is 0.214. The van der Waals surface area contributed by atoms with E-state index in [4.69, 9.17) is 4.99 Å². The molecule has 1 saturated heterocycles. The number of piperidine rings is 1. The van der Waals surface area contributed by atoms with Crippen LogP contribution in [-0.4, -0.2) is 60.6 Å². The number of aryl methyl sites for hydroxylation is 1. The highest BCUT2D eigenvalue weighted by Crippen LogP contribution is 2.16. The minimum Gasteiger partial charge on any atom is -0.357 e. The molecule has 1 aliphatic rings. The molecule has 23 heavy (non-hydrogen) atoms. The van der Waals surface area contributed by atoms with Crippen LogP contribution in [-0.2, 0) is 13.6 Å².